The van der Waals surface area contributed by atoms with Crippen LogP contribution in [0.1, 0.15) is 22.3 Å². The predicted octanol–water partition coefficient (Wildman–Crippen LogP) is 1.67. The Morgan fingerprint density at radius 1 is 0.968 bits per heavy atom. The average molecular weight is 421 g/mol. The van der Waals surface area contributed by atoms with Gasteiger partial charge in [-0.05, 0) is 31.2 Å². The molecule has 2 heterocycles. The molecule has 31 heavy (non-hydrogen) atoms. The van der Waals surface area contributed by atoms with Crippen LogP contribution in [-0.2, 0) is 9.59 Å². The number of para-hydroxylation sites is 1. The first-order chi connectivity index (χ1) is 15.0. The van der Waals surface area contributed by atoms with Gasteiger partial charge in [0.05, 0.1) is 6.42 Å². The van der Waals surface area contributed by atoms with E-state index in [1.54, 1.807) is 15.9 Å². The van der Waals surface area contributed by atoms with Gasteiger partial charge in [-0.25, -0.2) is 0 Å². The molecule has 2 aliphatic heterocycles. The summed E-state index contributed by atoms with van der Waals surface area (Å²) in [4.78, 5) is 44.3. The fourth-order valence-corrected chi connectivity index (χ4v) is 4.25. The van der Waals surface area contributed by atoms with Gasteiger partial charge in [0.2, 0.25) is 11.8 Å². The second-order valence-electron chi connectivity index (χ2n) is 8.08. The lowest BCUT2D eigenvalue weighted by molar-refractivity contribution is -0.138. The molecule has 162 valence electrons. The summed E-state index contributed by atoms with van der Waals surface area (Å²) in [6.45, 7) is 5.43. The summed E-state index contributed by atoms with van der Waals surface area (Å²) in [5.41, 5.74) is 2.68. The fourth-order valence-electron chi connectivity index (χ4n) is 4.25. The van der Waals surface area contributed by atoms with Gasteiger partial charge in [-0.2, -0.15) is 0 Å². The van der Waals surface area contributed by atoms with Gasteiger partial charge in [0.15, 0.2) is 0 Å². The van der Waals surface area contributed by atoms with E-state index in [-0.39, 0.29) is 24.1 Å². The molecule has 0 radical (unpaired) electrons. The summed E-state index contributed by atoms with van der Waals surface area (Å²) in [6.07, 6.45) is 0.00866. The molecule has 0 unspecified atom stereocenters. The van der Waals surface area contributed by atoms with E-state index in [0.29, 0.717) is 31.7 Å². The van der Waals surface area contributed by atoms with Crippen LogP contribution < -0.4 is 10.2 Å². The zero-order valence-electron chi connectivity index (χ0n) is 17.8. The molecule has 7 nitrogen and oxygen atoms in total. The normalized spacial score (nSPS) is 19.2. The Kier molecular flexibility index (Phi) is 6.21. The van der Waals surface area contributed by atoms with Crippen molar-refractivity contribution in [1.82, 2.24) is 15.1 Å². The van der Waals surface area contributed by atoms with Crippen molar-refractivity contribution in [3.8, 4) is 0 Å². The zero-order chi connectivity index (χ0) is 21.8. The molecule has 2 fully saturated rings. The monoisotopic (exact) mass is 420 g/mol. The number of amides is 3. The number of nitrogens with one attached hydrogen (secondary N) is 1. The van der Waals surface area contributed by atoms with Crippen molar-refractivity contribution in [2.45, 2.75) is 19.4 Å². The van der Waals surface area contributed by atoms with Crippen LogP contribution in [0.15, 0.2) is 54.6 Å². The standard InChI is InChI=1S/C24H28N4O3/c1-18-6-5-7-19(16-18)24(31)28-11-10-25-23(30)21(28)17-22(29)27-14-12-26(13-15-27)20-8-3-2-4-9-20/h2-9,16,21H,10-15,17H2,1H3,(H,25,30)/t21-/m0/s1. The van der Waals surface area contributed by atoms with Gasteiger partial charge in [-0.15, -0.1) is 0 Å². The number of carbonyl (C=O) groups excluding carboxylic acids is 3. The number of hydrogen-bond acceptors (Lipinski definition) is 4. The highest BCUT2D eigenvalue weighted by atomic mass is 16.2. The van der Waals surface area contributed by atoms with E-state index < -0.39 is 6.04 Å². The summed E-state index contributed by atoms with van der Waals surface area (Å²) >= 11 is 0. The molecule has 0 bridgehead atoms. The van der Waals surface area contributed by atoms with E-state index in [0.717, 1.165) is 24.3 Å². The van der Waals surface area contributed by atoms with E-state index in [2.05, 4.69) is 22.3 Å². The van der Waals surface area contributed by atoms with Gasteiger partial charge in [-0.3, -0.25) is 14.4 Å². The highest BCUT2D eigenvalue weighted by Crippen LogP contribution is 2.19. The lowest BCUT2D eigenvalue weighted by Crippen LogP contribution is -2.59. The maximum atomic E-state index is 13.1. The van der Waals surface area contributed by atoms with Crippen molar-refractivity contribution < 1.29 is 14.4 Å². The Morgan fingerprint density at radius 3 is 2.42 bits per heavy atom. The number of piperazine rings is 2. The SMILES string of the molecule is Cc1cccc(C(=O)N2CCNC(=O)[C@@H]2CC(=O)N2CCN(c3ccccc3)CC2)c1. The predicted molar refractivity (Wildman–Crippen MR) is 119 cm³/mol. The maximum Gasteiger partial charge on any atom is 0.254 e. The van der Waals surface area contributed by atoms with Crippen LogP contribution in [0, 0.1) is 6.92 Å². The molecule has 0 aromatic heterocycles. The van der Waals surface area contributed by atoms with Gasteiger partial charge in [0, 0.05) is 50.5 Å². The van der Waals surface area contributed by atoms with Crippen LogP contribution in [0.2, 0.25) is 0 Å². The van der Waals surface area contributed by atoms with Gasteiger partial charge in [0.25, 0.3) is 5.91 Å². The van der Waals surface area contributed by atoms with Crippen molar-refractivity contribution in [2.75, 3.05) is 44.2 Å². The lowest BCUT2D eigenvalue weighted by atomic mass is 10.0. The van der Waals surface area contributed by atoms with Crippen molar-refractivity contribution in [3.63, 3.8) is 0 Å². The summed E-state index contributed by atoms with van der Waals surface area (Å²) in [7, 11) is 0. The molecule has 1 N–H and O–H groups in total. The molecule has 3 amide bonds. The molecule has 2 aliphatic rings. The molecular weight excluding hydrogens is 392 g/mol. The number of hydrogen-bond donors (Lipinski definition) is 1. The topological polar surface area (TPSA) is 73.0 Å². The quantitative estimate of drug-likeness (QED) is 0.817. The van der Waals surface area contributed by atoms with E-state index in [4.69, 9.17) is 0 Å². The van der Waals surface area contributed by atoms with Crippen LogP contribution in [0.5, 0.6) is 0 Å². The minimum atomic E-state index is -0.776. The van der Waals surface area contributed by atoms with Crippen LogP contribution in [0.3, 0.4) is 0 Å². The van der Waals surface area contributed by atoms with Crippen LogP contribution in [0.25, 0.3) is 0 Å². The number of rotatable bonds is 4. The minimum absolute atomic E-state index is 0.00866. The lowest BCUT2D eigenvalue weighted by Gasteiger charge is -2.39. The third-order valence-corrected chi connectivity index (χ3v) is 5.98. The first kappa shape index (κ1) is 20.9. The fraction of sp³-hybridized carbons (Fsp3) is 0.375. The molecule has 1 atom stereocenters. The number of aryl methyl sites for hydroxylation is 1. The summed E-state index contributed by atoms with van der Waals surface area (Å²) in [5.74, 6) is -0.550. The summed E-state index contributed by atoms with van der Waals surface area (Å²) in [5, 5.41) is 2.80. The van der Waals surface area contributed by atoms with Gasteiger partial charge < -0.3 is 20.0 Å². The number of carbonyl (C=O) groups is 3. The molecule has 7 heteroatoms. The van der Waals surface area contributed by atoms with Crippen LogP contribution in [-0.4, -0.2) is 72.8 Å². The largest absolute Gasteiger partial charge is 0.368 e. The molecule has 0 aliphatic carbocycles. The Labute approximate surface area is 182 Å². The van der Waals surface area contributed by atoms with E-state index in [1.807, 2.05) is 43.3 Å². The number of benzene rings is 2. The Morgan fingerprint density at radius 2 is 1.71 bits per heavy atom. The Balaban J connectivity index is 1.41. The highest BCUT2D eigenvalue weighted by molar-refractivity contribution is 5.99. The third-order valence-electron chi connectivity index (χ3n) is 5.98. The number of anilines is 1. The van der Waals surface area contributed by atoms with Crippen molar-refractivity contribution in [1.29, 1.82) is 0 Å². The molecule has 0 saturated carbocycles. The van der Waals surface area contributed by atoms with Crippen LogP contribution in [0.4, 0.5) is 5.69 Å². The van der Waals surface area contributed by atoms with Crippen LogP contribution >= 0.6 is 0 Å². The Bertz CT molecular complexity index is 954. The summed E-state index contributed by atoms with van der Waals surface area (Å²) < 4.78 is 0. The average Bonchev–Trinajstić information content (AvgIpc) is 2.80. The molecule has 2 aromatic rings. The van der Waals surface area contributed by atoms with Gasteiger partial charge >= 0.3 is 0 Å². The molecule has 0 spiro atoms. The van der Waals surface area contributed by atoms with E-state index in [1.165, 1.54) is 0 Å². The Hall–Kier alpha value is -3.35. The number of nitrogens with zero attached hydrogens (tertiary/aromatic N) is 3. The van der Waals surface area contributed by atoms with Crippen molar-refractivity contribution in [2.24, 2.45) is 0 Å². The van der Waals surface area contributed by atoms with E-state index >= 15 is 0 Å². The second kappa shape index (κ2) is 9.20. The third kappa shape index (κ3) is 4.71. The highest BCUT2D eigenvalue weighted by Gasteiger charge is 2.36. The molecule has 2 saturated heterocycles. The first-order valence-electron chi connectivity index (χ1n) is 10.8. The molecular formula is C24H28N4O3. The summed E-state index contributed by atoms with van der Waals surface area (Å²) in [6, 6.07) is 16.7. The van der Waals surface area contributed by atoms with Gasteiger partial charge in [0.1, 0.15) is 6.04 Å². The second-order valence-corrected chi connectivity index (χ2v) is 8.08. The van der Waals surface area contributed by atoms with E-state index in [9.17, 15) is 14.4 Å². The maximum absolute atomic E-state index is 13.1. The van der Waals surface area contributed by atoms with Gasteiger partial charge in [-0.1, -0.05) is 35.9 Å². The van der Waals surface area contributed by atoms with Crippen molar-refractivity contribution in [3.05, 3.63) is 65.7 Å². The zero-order valence-corrected chi connectivity index (χ0v) is 17.8. The minimum Gasteiger partial charge on any atom is -0.368 e. The smallest absolute Gasteiger partial charge is 0.254 e. The first-order valence-corrected chi connectivity index (χ1v) is 10.8. The molecule has 2 aromatic carbocycles. The van der Waals surface area contributed by atoms with Crippen molar-refractivity contribution >= 4 is 23.4 Å². The molecule has 4 rings (SSSR count).